The Morgan fingerprint density at radius 2 is 1.20 bits per heavy atom. The van der Waals surface area contributed by atoms with Crippen molar-refractivity contribution in [1.82, 2.24) is 0 Å². The van der Waals surface area contributed by atoms with E-state index >= 15 is 0 Å². The van der Waals surface area contributed by atoms with Crippen LogP contribution in [-0.2, 0) is 6.54 Å². The van der Waals surface area contributed by atoms with Crippen molar-refractivity contribution in [2.24, 2.45) is 0 Å². The van der Waals surface area contributed by atoms with Crippen LogP contribution in [0.25, 0.3) is 0 Å². The monoisotopic (exact) mass is 307 g/mol. The summed E-state index contributed by atoms with van der Waals surface area (Å²) in [6.07, 6.45) is 0. The van der Waals surface area contributed by atoms with Gasteiger partial charge in [-0.3, -0.25) is 0 Å². The van der Waals surface area contributed by atoms with E-state index in [-0.39, 0.29) is 6.54 Å². The molecule has 7 heteroatoms. The average molecular weight is 308 g/mol. The van der Waals surface area contributed by atoms with E-state index in [4.69, 9.17) is 11.6 Å². The van der Waals surface area contributed by atoms with Gasteiger partial charge in [-0.25, -0.2) is 22.0 Å². The van der Waals surface area contributed by atoms with Crippen LogP contribution in [0.4, 0.5) is 27.6 Å². The second-order valence-corrected chi connectivity index (χ2v) is 4.36. The molecule has 1 N–H and O–H groups in total. The van der Waals surface area contributed by atoms with Gasteiger partial charge in [0, 0.05) is 11.6 Å². The Morgan fingerprint density at radius 3 is 1.70 bits per heavy atom. The highest BCUT2D eigenvalue weighted by Gasteiger charge is 2.25. The largest absolute Gasteiger partial charge is 0.376 e. The second kappa shape index (κ2) is 5.66. The predicted molar refractivity (Wildman–Crippen MR) is 65.0 cm³/mol. The van der Waals surface area contributed by atoms with Crippen molar-refractivity contribution in [3.63, 3.8) is 0 Å². The van der Waals surface area contributed by atoms with Gasteiger partial charge in [-0.05, 0) is 17.7 Å². The Labute approximate surface area is 116 Å². The molecular weight excluding hydrogens is 301 g/mol. The fraction of sp³-hybridized carbons (Fsp3) is 0.0769. The highest BCUT2D eigenvalue weighted by Crippen LogP contribution is 2.27. The van der Waals surface area contributed by atoms with Crippen LogP contribution in [0.5, 0.6) is 0 Å². The van der Waals surface area contributed by atoms with Crippen molar-refractivity contribution in [3.05, 3.63) is 63.9 Å². The minimum Gasteiger partial charge on any atom is -0.376 e. The minimum absolute atomic E-state index is 0.116. The van der Waals surface area contributed by atoms with Gasteiger partial charge in [0.2, 0.25) is 5.82 Å². The normalized spacial score (nSPS) is 10.7. The van der Waals surface area contributed by atoms with Crippen LogP contribution in [0.15, 0.2) is 24.3 Å². The van der Waals surface area contributed by atoms with Crippen LogP contribution >= 0.6 is 11.6 Å². The summed E-state index contributed by atoms with van der Waals surface area (Å²) >= 11 is 5.66. The number of hydrogen-bond acceptors (Lipinski definition) is 1. The van der Waals surface area contributed by atoms with Crippen LogP contribution in [0.2, 0.25) is 5.02 Å². The van der Waals surface area contributed by atoms with E-state index in [1.54, 1.807) is 12.1 Å². The van der Waals surface area contributed by atoms with Gasteiger partial charge in [0.1, 0.15) is 5.69 Å². The highest BCUT2D eigenvalue weighted by atomic mass is 35.5. The molecule has 0 saturated carbocycles. The Balaban J connectivity index is 2.28. The third-order valence-electron chi connectivity index (χ3n) is 2.59. The molecule has 0 aliphatic carbocycles. The first kappa shape index (κ1) is 14.6. The Hall–Kier alpha value is -1.82. The SMILES string of the molecule is Fc1c(F)c(F)c(NCc2ccc(Cl)cc2)c(F)c1F. The van der Waals surface area contributed by atoms with Gasteiger partial charge in [0.05, 0.1) is 0 Å². The van der Waals surface area contributed by atoms with Crippen LogP contribution in [-0.4, -0.2) is 0 Å². The maximum Gasteiger partial charge on any atom is 0.200 e. The molecule has 0 unspecified atom stereocenters. The van der Waals surface area contributed by atoms with Gasteiger partial charge in [-0.2, -0.15) is 0 Å². The van der Waals surface area contributed by atoms with E-state index in [2.05, 4.69) is 5.32 Å². The molecule has 0 fully saturated rings. The number of nitrogens with one attached hydrogen (secondary N) is 1. The lowest BCUT2D eigenvalue weighted by Crippen LogP contribution is -2.09. The number of anilines is 1. The molecule has 0 atom stereocenters. The van der Waals surface area contributed by atoms with Gasteiger partial charge < -0.3 is 5.32 Å². The molecule has 2 rings (SSSR count). The van der Waals surface area contributed by atoms with E-state index in [1.807, 2.05) is 0 Å². The minimum atomic E-state index is -2.18. The summed E-state index contributed by atoms with van der Waals surface area (Å²) in [6, 6.07) is 6.19. The molecular formula is C13H7ClF5N. The van der Waals surface area contributed by atoms with Crippen LogP contribution in [0.3, 0.4) is 0 Å². The number of benzene rings is 2. The quantitative estimate of drug-likeness (QED) is 0.494. The summed E-state index contributed by atoms with van der Waals surface area (Å²) < 4.78 is 65.5. The Morgan fingerprint density at radius 1 is 0.750 bits per heavy atom. The van der Waals surface area contributed by atoms with Gasteiger partial charge in [-0.1, -0.05) is 23.7 Å². The lowest BCUT2D eigenvalue weighted by molar-refractivity contribution is 0.381. The molecule has 0 aliphatic heterocycles. The molecule has 20 heavy (non-hydrogen) atoms. The van der Waals surface area contributed by atoms with Crippen molar-refractivity contribution in [2.75, 3.05) is 5.32 Å². The van der Waals surface area contributed by atoms with Crippen molar-refractivity contribution in [2.45, 2.75) is 6.54 Å². The molecule has 0 bridgehead atoms. The summed E-state index contributed by atoms with van der Waals surface area (Å²) in [5.74, 6) is -9.94. The van der Waals surface area contributed by atoms with E-state index in [0.29, 0.717) is 10.6 Å². The third kappa shape index (κ3) is 2.70. The number of rotatable bonds is 3. The second-order valence-electron chi connectivity index (χ2n) is 3.92. The molecule has 0 amide bonds. The van der Waals surface area contributed by atoms with Crippen molar-refractivity contribution in [1.29, 1.82) is 0 Å². The summed E-state index contributed by atoms with van der Waals surface area (Å²) in [6.45, 7) is -0.116. The van der Waals surface area contributed by atoms with Crippen molar-refractivity contribution < 1.29 is 22.0 Å². The molecule has 0 aromatic heterocycles. The molecule has 0 saturated heterocycles. The van der Waals surface area contributed by atoms with E-state index in [0.717, 1.165) is 0 Å². The van der Waals surface area contributed by atoms with Gasteiger partial charge >= 0.3 is 0 Å². The molecule has 1 nitrogen and oxygen atoms in total. The molecule has 0 radical (unpaired) electrons. The topological polar surface area (TPSA) is 12.0 Å². The predicted octanol–water partition coefficient (Wildman–Crippen LogP) is 4.65. The summed E-state index contributed by atoms with van der Waals surface area (Å²) in [5, 5.41) is 2.65. The third-order valence-corrected chi connectivity index (χ3v) is 2.84. The molecule has 2 aromatic rings. The highest BCUT2D eigenvalue weighted by molar-refractivity contribution is 6.30. The summed E-state index contributed by atoms with van der Waals surface area (Å²) in [5.41, 5.74) is -0.491. The zero-order valence-electron chi connectivity index (χ0n) is 9.78. The lowest BCUT2D eigenvalue weighted by atomic mass is 10.2. The summed E-state index contributed by atoms with van der Waals surface area (Å²) in [4.78, 5) is 0. The van der Waals surface area contributed by atoms with Crippen LogP contribution in [0.1, 0.15) is 5.56 Å². The molecule has 0 aliphatic rings. The number of halogens is 6. The lowest BCUT2D eigenvalue weighted by Gasteiger charge is -2.10. The smallest absolute Gasteiger partial charge is 0.200 e. The average Bonchev–Trinajstić information content (AvgIpc) is 2.45. The number of hydrogen-bond donors (Lipinski definition) is 1. The van der Waals surface area contributed by atoms with E-state index < -0.39 is 34.8 Å². The summed E-state index contributed by atoms with van der Waals surface area (Å²) in [7, 11) is 0. The molecule has 106 valence electrons. The first-order valence-electron chi connectivity index (χ1n) is 5.41. The van der Waals surface area contributed by atoms with Gasteiger partial charge in [0.15, 0.2) is 23.3 Å². The Bertz CT molecular complexity index is 613. The maximum absolute atomic E-state index is 13.4. The standard InChI is InChI=1S/C13H7ClF5N/c14-7-3-1-6(2-4-7)5-20-13-11(18)9(16)8(15)10(17)12(13)19/h1-4,20H,5H2. The van der Waals surface area contributed by atoms with Crippen molar-refractivity contribution >= 4 is 17.3 Å². The molecule has 2 aromatic carbocycles. The zero-order chi connectivity index (χ0) is 14.9. The zero-order valence-corrected chi connectivity index (χ0v) is 10.5. The first-order chi connectivity index (χ1) is 9.41. The van der Waals surface area contributed by atoms with Gasteiger partial charge in [0.25, 0.3) is 0 Å². The maximum atomic E-state index is 13.4. The van der Waals surface area contributed by atoms with Crippen LogP contribution < -0.4 is 5.32 Å². The fourth-order valence-electron chi connectivity index (χ4n) is 1.55. The fourth-order valence-corrected chi connectivity index (χ4v) is 1.68. The van der Waals surface area contributed by atoms with E-state index in [9.17, 15) is 22.0 Å². The van der Waals surface area contributed by atoms with E-state index in [1.165, 1.54) is 12.1 Å². The van der Waals surface area contributed by atoms with Crippen LogP contribution in [0, 0.1) is 29.1 Å². The van der Waals surface area contributed by atoms with Gasteiger partial charge in [-0.15, -0.1) is 0 Å². The first-order valence-corrected chi connectivity index (χ1v) is 5.79. The van der Waals surface area contributed by atoms with Crippen molar-refractivity contribution in [3.8, 4) is 0 Å². The molecule has 0 heterocycles. The molecule has 0 spiro atoms. The Kier molecular flexibility index (Phi) is 4.13.